The molecule has 0 aliphatic carbocycles. The molecule has 0 bridgehead atoms. The van der Waals surface area contributed by atoms with Crippen LogP contribution in [-0.2, 0) is 4.79 Å². The number of hydrogen-bond donors (Lipinski definition) is 1. The van der Waals surface area contributed by atoms with Crippen LogP contribution in [0.2, 0.25) is 0 Å². The van der Waals surface area contributed by atoms with Crippen LogP contribution in [0, 0.1) is 0 Å². The molecule has 22 heavy (non-hydrogen) atoms. The van der Waals surface area contributed by atoms with E-state index in [9.17, 15) is 9.90 Å². The van der Waals surface area contributed by atoms with Gasteiger partial charge in [0, 0.05) is 6.54 Å². The predicted molar refractivity (Wildman–Crippen MR) is 87.7 cm³/mol. The van der Waals surface area contributed by atoms with Gasteiger partial charge in [0.05, 0.1) is 5.69 Å². The van der Waals surface area contributed by atoms with E-state index in [-0.39, 0.29) is 0 Å². The fourth-order valence-electron chi connectivity index (χ4n) is 2.48. The van der Waals surface area contributed by atoms with E-state index < -0.39 is 12.0 Å². The molecule has 2 aromatic rings. The molecule has 0 saturated heterocycles. The van der Waals surface area contributed by atoms with Gasteiger partial charge in [-0.3, -0.25) is 0 Å². The maximum absolute atomic E-state index is 11.5. The number of carbonyl (C=O) groups is 1. The number of benzene rings is 2. The van der Waals surface area contributed by atoms with Crippen molar-refractivity contribution in [1.29, 1.82) is 0 Å². The van der Waals surface area contributed by atoms with Gasteiger partial charge in [0.15, 0.2) is 5.75 Å². The van der Waals surface area contributed by atoms with Gasteiger partial charge < -0.3 is 14.7 Å². The van der Waals surface area contributed by atoms with Crippen LogP contribution in [0.4, 0.5) is 5.69 Å². The molecular formula is C18H21NO3. The molecule has 0 unspecified atom stereocenters. The number of anilines is 1. The zero-order valence-corrected chi connectivity index (χ0v) is 12.9. The van der Waals surface area contributed by atoms with Crippen molar-refractivity contribution in [2.24, 2.45) is 0 Å². The van der Waals surface area contributed by atoms with Crippen LogP contribution >= 0.6 is 0 Å². The molecule has 1 N–H and O–H groups in total. The van der Waals surface area contributed by atoms with Gasteiger partial charge in [0.1, 0.15) is 11.8 Å². The molecule has 0 radical (unpaired) electrons. The average molecular weight is 299 g/mol. The lowest BCUT2D eigenvalue weighted by atomic mass is 10.1. The van der Waals surface area contributed by atoms with Crippen LogP contribution in [0.15, 0.2) is 54.6 Å². The Morgan fingerprint density at radius 3 is 2.32 bits per heavy atom. The summed E-state index contributed by atoms with van der Waals surface area (Å²) in [5, 5.41) is 9.43. The third-order valence-corrected chi connectivity index (χ3v) is 3.53. The summed E-state index contributed by atoms with van der Waals surface area (Å²) >= 11 is 0. The highest BCUT2D eigenvalue weighted by molar-refractivity contribution is 5.79. The number of rotatable bonds is 7. The average Bonchev–Trinajstić information content (AvgIpc) is 2.54. The number of nitrogens with zero attached hydrogens (tertiary/aromatic N) is 1. The minimum absolute atomic E-state index is 0.531. The van der Waals surface area contributed by atoms with E-state index in [1.54, 1.807) is 0 Å². The van der Waals surface area contributed by atoms with Gasteiger partial charge >= 0.3 is 5.97 Å². The Balaban J connectivity index is 2.35. The van der Waals surface area contributed by atoms with Crippen molar-refractivity contribution in [3.8, 4) is 11.5 Å². The number of hydrogen-bond acceptors (Lipinski definition) is 3. The number of carboxylic acid groups (broad SMARTS) is 1. The molecule has 2 aromatic carbocycles. The lowest BCUT2D eigenvalue weighted by molar-refractivity contribution is -0.138. The summed E-state index contributed by atoms with van der Waals surface area (Å²) in [6.45, 7) is 4.42. The Labute approximate surface area is 131 Å². The Bertz CT molecular complexity index is 613. The van der Waals surface area contributed by atoms with Crippen LogP contribution < -0.4 is 9.64 Å². The molecule has 0 heterocycles. The standard InChI is InChI=1S/C18H21NO3/c1-3-15(18(20)21)19(4-2)16-12-8-9-13-17(16)22-14-10-6-5-7-11-14/h5-13,15H,3-4H2,1-2H3,(H,20,21)/t15-/m0/s1. The van der Waals surface area contributed by atoms with Crippen LogP contribution in [0.5, 0.6) is 11.5 Å². The lowest BCUT2D eigenvalue weighted by Gasteiger charge is -2.30. The Kier molecular flexibility index (Phi) is 5.42. The second-order valence-electron chi connectivity index (χ2n) is 4.93. The predicted octanol–water partition coefficient (Wildman–Crippen LogP) is 4.17. The highest BCUT2D eigenvalue weighted by Gasteiger charge is 2.25. The van der Waals surface area contributed by atoms with E-state index in [1.165, 1.54) is 0 Å². The maximum atomic E-state index is 11.5. The van der Waals surface area contributed by atoms with Crippen molar-refractivity contribution in [3.05, 3.63) is 54.6 Å². The van der Waals surface area contributed by atoms with Crippen molar-refractivity contribution in [1.82, 2.24) is 0 Å². The van der Waals surface area contributed by atoms with Crippen molar-refractivity contribution >= 4 is 11.7 Å². The van der Waals surface area contributed by atoms with E-state index in [0.29, 0.717) is 18.7 Å². The minimum atomic E-state index is -0.820. The molecule has 0 aliphatic rings. The molecule has 116 valence electrons. The first-order valence-corrected chi connectivity index (χ1v) is 7.48. The molecule has 0 aromatic heterocycles. The second kappa shape index (κ2) is 7.50. The first-order valence-electron chi connectivity index (χ1n) is 7.48. The summed E-state index contributed by atoms with van der Waals surface area (Å²) in [5.41, 5.74) is 0.795. The van der Waals surface area contributed by atoms with Gasteiger partial charge in [-0.2, -0.15) is 0 Å². The van der Waals surface area contributed by atoms with Crippen molar-refractivity contribution < 1.29 is 14.6 Å². The number of ether oxygens (including phenoxy) is 1. The third-order valence-electron chi connectivity index (χ3n) is 3.53. The fraction of sp³-hybridized carbons (Fsp3) is 0.278. The highest BCUT2D eigenvalue weighted by Crippen LogP contribution is 2.33. The second-order valence-corrected chi connectivity index (χ2v) is 4.93. The van der Waals surface area contributed by atoms with Gasteiger partial charge in [-0.1, -0.05) is 37.3 Å². The van der Waals surface area contributed by atoms with E-state index in [1.807, 2.05) is 73.3 Å². The van der Waals surface area contributed by atoms with Crippen LogP contribution in [0.25, 0.3) is 0 Å². The van der Waals surface area contributed by atoms with Gasteiger partial charge in [-0.25, -0.2) is 4.79 Å². The Morgan fingerprint density at radius 1 is 1.09 bits per heavy atom. The number of aliphatic carboxylic acids is 1. The van der Waals surface area contributed by atoms with Crippen molar-refractivity contribution in [2.75, 3.05) is 11.4 Å². The molecule has 0 saturated carbocycles. The normalized spacial score (nSPS) is 11.7. The third kappa shape index (κ3) is 3.58. The van der Waals surface area contributed by atoms with E-state index in [2.05, 4.69) is 0 Å². The van der Waals surface area contributed by atoms with Gasteiger partial charge in [0.2, 0.25) is 0 Å². The first-order chi connectivity index (χ1) is 10.7. The molecule has 0 spiro atoms. The largest absolute Gasteiger partial charge is 0.480 e. The van der Waals surface area contributed by atoms with Crippen LogP contribution in [-0.4, -0.2) is 23.7 Å². The zero-order valence-electron chi connectivity index (χ0n) is 12.9. The Hall–Kier alpha value is -2.49. The number of carboxylic acids is 1. The van der Waals surface area contributed by atoms with Gasteiger partial charge in [-0.15, -0.1) is 0 Å². The fourth-order valence-corrected chi connectivity index (χ4v) is 2.48. The molecule has 2 rings (SSSR count). The van der Waals surface area contributed by atoms with Gasteiger partial charge in [-0.05, 0) is 37.6 Å². The molecule has 0 fully saturated rings. The smallest absolute Gasteiger partial charge is 0.326 e. The molecular weight excluding hydrogens is 278 g/mol. The first kappa shape index (κ1) is 15.9. The summed E-state index contributed by atoms with van der Waals surface area (Å²) < 4.78 is 5.93. The number of para-hydroxylation sites is 3. The highest BCUT2D eigenvalue weighted by atomic mass is 16.5. The van der Waals surface area contributed by atoms with Crippen molar-refractivity contribution in [3.63, 3.8) is 0 Å². The van der Waals surface area contributed by atoms with E-state index in [4.69, 9.17) is 4.74 Å². The van der Waals surface area contributed by atoms with Crippen LogP contribution in [0.1, 0.15) is 20.3 Å². The summed E-state index contributed by atoms with van der Waals surface area (Å²) in [4.78, 5) is 13.4. The molecule has 0 aliphatic heterocycles. The van der Waals surface area contributed by atoms with E-state index in [0.717, 1.165) is 11.4 Å². The monoisotopic (exact) mass is 299 g/mol. The van der Waals surface area contributed by atoms with E-state index >= 15 is 0 Å². The summed E-state index contributed by atoms with van der Waals surface area (Å²) in [6, 6.07) is 16.5. The molecule has 1 atom stereocenters. The maximum Gasteiger partial charge on any atom is 0.326 e. The molecule has 4 heteroatoms. The topological polar surface area (TPSA) is 49.8 Å². The van der Waals surface area contributed by atoms with Gasteiger partial charge in [0.25, 0.3) is 0 Å². The molecule has 4 nitrogen and oxygen atoms in total. The minimum Gasteiger partial charge on any atom is -0.480 e. The lowest BCUT2D eigenvalue weighted by Crippen LogP contribution is -2.41. The summed E-state index contributed by atoms with van der Waals surface area (Å²) in [6.07, 6.45) is 0.531. The number of likely N-dealkylation sites (N-methyl/N-ethyl adjacent to an activating group) is 1. The summed E-state index contributed by atoms with van der Waals surface area (Å²) in [5.74, 6) is 0.573. The summed E-state index contributed by atoms with van der Waals surface area (Å²) in [7, 11) is 0. The van der Waals surface area contributed by atoms with Crippen LogP contribution in [0.3, 0.4) is 0 Å². The molecule has 0 amide bonds. The zero-order chi connectivity index (χ0) is 15.9. The Morgan fingerprint density at radius 2 is 1.73 bits per heavy atom. The SMILES string of the molecule is CC[C@@H](C(=O)O)N(CC)c1ccccc1Oc1ccccc1. The van der Waals surface area contributed by atoms with Crippen molar-refractivity contribution in [2.45, 2.75) is 26.3 Å². The quantitative estimate of drug-likeness (QED) is 0.833.